The molecule has 2 N–H and O–H groups in total. The van der Waals surface area contributed by atoms with Gasteiger partial charge in [-0.25, -0.2) is 0 Å². The van der Waals surface area contributed by atoms with Crippen LogP contribution in [0.25, 0.3) is 0 Å². The largest absolute Gasteiger partial charge is 0.486 e. The third-order valence-electron chi connectivity index (χ3n) is 4.62. The standard InChI is InChI=1S/C17H25NO3/c1-17(12-19,18-14-5-3-2-4-6-14)13-7-8-15-16(11-13)21-10-9-20-15/h7-8,11,14,18-19H,2-6,9-10,12H2,1H3. The van der Waals surface area contributed by atoms with Crippen molar-refractivity contribution in [1.82, 2.24) is 5.32 Å². The van der Waals surface area contributed by atoms with Crippen molar-refractivity contribution in [3.63, 3.8) is 0 Å². The summed E-state index contributed by atoms with van der Waals surface area (Å²) < 4.78 is 11.2. The molecule has 3 rings (SSSR count). The Kier molecular flexibility index (Phi) is 4.36. The fourth-order valence-corrected chi connectivity index (χ4v) is 3.30. The van der Waals surface area contributed by atoms with Crippen LogP contribution in [0, 0.1) is 0 Å². The van der Waals surface area contributed by atoms with Gasteiger partial charge >= 0.3 is 0 Å². The number of hydrogen-bond donors (Lipinski definition) is 2. The average molecular weight is 291 g/mol. The molecule has 0 saturated heterocycles. The first-order chi connectivity index (χ1) is 10.2. The van der Waals surface area contributed by atoms with Crippen LogP contribution in [0.2, 0.25) is 0 Å². The molecule has 1 saturated carbocycles. The van der Waals surface area contributed by atoms with Gasteiger partial charge in [-0.05, 0) is 37.5 Å². The fourth-order valence-electron chi connectivity index (χ4n) is 3.30. The van der Waals surface area contributed by atoms with Crippen molar-refractivity contribution in [1.29, 1.82) is 0 Å². The van der Waals surface area contributed by atoms with Crippen LogP contribution < -0.4 is 14.8 Å². The summed E-state index contributed by atoms with van der Waals surface area (Å²) >= 11 is 0. The highest BCUT2D eigenvalue weighted by Crippen LogP contribution is 2.35. The van der Waals surface area contributed by atoms with Crippen LogP contribution in [-0.2, 0) is 5.54 Å². The predicted molar refractivity (Wildman–Crippen MR) is 81.9 cm³/mol. The van der Waals surface area contributed by atoms with Gasteiger partial charge in [0.1, 0.15) is 13.2 Å². The van der Waals surface area contributed by atoms with Gasteiger partial charge in [-0.2, -0.15) is 0 Å². The summed E-state index contributed by atoms with van der Waals surface area (Å²) in [4.78, 5) is 0. The van der Waals surface area contributed by atoms with Crippen molar-refractivity contribution in [2.24, 2.45) is 0 Å². The highest BCUT2D eigenvalue weighted by Gasteiger charge is 2.30. The number of nitrogens with one attached hydrogen (secondary N) is 1. The normalized spacial score (nSPS) is 21.8. The molecule has 1 unspecified atom stereocenters. The van der Waals surface area contributed by atoms with Gasteiger partial charge < -0.3 is 19.9 Å². The van der Waals surface area contributed by atoms with Crippen molar-refractivity contribution in [3.8, 4) is 11.5 Å². The van der Waals surface area contributed by atoms with E-state index in [1.165, 1.54) is 32.1 Å². The molecule has 1 fully saturated rings. The number of fused-ring (bicyclic) bond motifs is 1. The SMILES string of the molecule is CC(CO)(NC1CCCCC1)c1ccc2c(c1)OCCO2. The average Bonchev–Trinajstić information content (AvgIpc) is 2.55. The molecule has 1 atom stereocenters. The molecule has 4 heteroatoms. The number of aliphatic hydroxyl groups is 1. The van der Waals surface area contributed by atoms with Crippen molar-refractivity contribution in [2.75, 3.05) is 19.8 Å². The molecule has 1 aliphatic carbocycles. The highest BCUT2D eigenvalue weighted by molar-refractivity contribution is 5.45. The van der Waals surface area contributed by atoms with E-state index in [0.29, 0.717) is 19.3 Å². The van der Waals surface area contributed by atoms with Gasteiger partial charge in [-0.1, -0.05) is 25.3 Å². The van der Waals surface area contributed by atoms with E-state index in [4.69, 9.17) is 9.47 Å². The van der Waals surface area contributed by atoms with E-state index in [1.807, 2.05) is 18.2 Å². The second-order valence-corrected chi connectivity index (χ2v) is 6.33. The van der Waals surface area contributed by atoms with Gasteiger partial charge in [0.05, 0.1) is 12.1 Å². The molecule has 21 heavy (non-hydrogen) atoms. The lowest BCUT2D eigenvalue weighted by atomic mass is 9.88. The summed E-state index contributed by atoms with van der Waals surface area (Å²) in [5, 5.41) is 13.6. The summed E-state index contributed by atoms with van der Waals surface area (Å²) in [6, 6.07) is 6.46. The first-order valence-corrected chi connectivity index (χ1v) is 8.00. The minimum Gasteiger partial charge on any atom is -0.486 e. The van der Waals surface area contributed by atoms with Crippen LogP contribution in [0.4, 0.5) is 0 Å². The van der Waals surface area contributed by atoms with Gasteiger partial charge in [0.2, 0.25) is 0 Å². The van der Waals surface area contributed by atoms with Crippen molar-refractivity contribution >= 4 is 0 Å². The number of ether oxygens (including phenoxy) is 2. The summed E-state index contributed by atoms with van der Waals surface area (Å²) in [6.45, 7) is 3.32. The second kappa shape index (κ2) is 6.24. The van der Waals surface area contributed by atoms with Gasteiger partial charge in [0, 0.05) is 6.04 Å². The first-order valence-electron chi connectivity index (χ1n) is 8.00. The minimum atomic E-state index is -0.433. The van der Waals surface area contributed by atoms with E-state index in [9.17, 15) is 5.11 Å². The van der Waals surface area contributed by atoms with Gasteiger partial charge in [0.15, 0.2) is 11.5 Å². The summed E-state index contributed by atoms with van der Waals surface area (Å²) in [6.07, 6.45) is 6.28. The quantitative estimate of drug-likeness (QED) is 0.895. The Balaban J connectivity index is 1.80. The Hall–Kier alpha value is -1.26. The second-order valence-electron chi connectivity index (χ2n) is 6.33. The third kappa shape index (κ3) is 3.16. The van der Waals surface area contributed by atoms with Crippen molar-refractivity contribution < 1.29 is 14.6 Å². The summed E-state index contributed by atoms with van der Waals surface area (Å²) in [5.41, 5.74) is 0.623. The maximum absolute atomic E-state index is 9.94. The van der Waals surface area contributed by atoms with E-state index in [1.54, 1.807) is 0 Å². The summed E-state index contributed by atoms with van der Waals surface area (Å²) in [7, 11) is 0. The Morgan fingerprint density at radius 3 is 2.57 bits per heavy atom. The summed E-state index contributed by atoms with van der Waals surface area (Å²) in [5.74, 6) is 1.58. The lowest BCUT2D eigenvalue weighted by Crippen LogP contribution is -2.49. The predicted octanol–water partition coefficient (Wildman–Crippen LogP) is 2.59. The maximum Gasteiger partial charge on any atom is 0.161 e. The Morgan fingerprint density at radius 1 is 1.14 bits per heavy atom. The van der Waals surface area contributed by atoms with Crippen LogP contribution in [-0.4, -0.2) is 31.0 Å². The third-order valence-corrected chi connectivity index (χ3v) is 4.62. The Bertz CT molecular complexity index is 485. The molecule has 0 amide bonds. The van der Waals surface area contributed by atoms with E-state index >= 15 is 0 Å². The Morgan fingerprint density at radius 2 is 1.86 bits per heavy atom. The van der Waals surface area contributed by atoms with Crippen LogP contribution >= 0.6 is 0 Å². The molecule has 1 aromatic carbocycles. The van der Waals surface area contributed by atoms with Gasteiger partial charge in [0.25, 0.3) is 0 Å². The highest BCUT2D eigenvalue weighted by atomic mass is 16.6. The molecule has 0 bridgehead atoms. The van der Waals surface area contributed by atoms with Crippen LogP contribution in [0.3, 0.4) is 0 Å². The zero-order valence-electron chi connectivity index (χ0n) is 12.7. The molecule has 1 aliphatic heterocycles. The molecular weight excluding hydrogens is 266 g/mol. The van der Waals surface area contributed by atoms with E-state index in [0.717, 1.165) is 17.1 Å². The maximum atomic E-state index is 9.94. The Labute approximate surface area is 126 Å². The lowest BCUT2D eigenvalue weighted by molar-refractivity contribution is 0.147. The smallest absolute Gasteiger partial charge is 0.161 e. The van der Waals surface area contributed by atoms with E-state index in [2.05, 4.69) is 12.2 Å². The number of aliphatic hydroxyl groups excluding tert-OH is 1. The number of hydrogen-bond acceptors (Lipinski definition) is 4. The van der Waals surface area contributed by atoms with E-state index in [-0.39, 0.29) is 6.61 Å². The lowest BCUT2D eigenvalue weighted by Gasteiger charge is -2.36. The van der Waals surface area contributed by atoms with Crippen molar-refractivity contribution in [3.05, 3.63) is 23.8 Å². The van der Waals surface area contributed by atoms with Crippen molar-refractivity contribution in [2.45, 2.75) is 50.6 Å². The molecule has 2 aliphatic rings. The van der Waals surface area contributed by atoms with Gasteiger partial charge in [-0.15, -0.1) is 0 Å². The molecule has 0 spiro atoms. The van der Waals surface area contributed by atoms with Crippen LogP contribution in [0.5, 0.6) is 11.5 Å². The monoisotopic (exact) mass is 291 g/mol. The van der Waals surface area contributed by atoms with Gasteiger partial charge in [-0.3, -0.25) is 0 Å². The minimum absolute atomic E-state index is 0.0726. The number of rotatable bonds is 4. The van der Waals surface area contributed by atoms with Crippen LogP contribution in [0.1, 0.15) is 44.6 Å². The molecule has 1 aromatic rings. The fraction of sp³-hybridized carbons (Fsp3) is 0.647. The molecule has 116 valence electrons. The van der Waals surface area contributed by atoms with E-state index < -0.39 is 5.54 Å². The molecule has 0 aromatic heterocycles. The first kappa shape index (κ1) is 14.7. The number of benzene rings is 1. The zero-order valence-corrected chi connectivity index (χ0v) is 12.7. The molecule has 4 nitrogen and oxygen atoms in total. The molecule has 1 heterocycles. The molecular formula is C17H25NO3. The zero-order chi connectivity index (χ0) is 14.7. The van der Waals surface area contributed by atoms with Crippen LogP contribution in [0.15, 0.2) is 18.2 Å². The molecule has 0 radical (unpaired) electrons. The topological polar surface area (TPSA) is 50.7 Å².